The second-order valence-electron chi connectivity index (χ2n) is 5.85. The lowest BCUT2D eigenvalue weighted by Gasteiger charge is -2.24. The van der Waals surface area contributed by atoms with Gasteiger partial charge in [0.25, 0.3) is 0 Å². The molecule has 1 aliphatic rings. The first-order chi connectivity index (χ1) is 10.5. The van der Waals surface area contributed by atoms with Crippen molar-refractivity contribution in [3.05, 3.63) is 53.4 Å². The molecule has 4 nitrogen and oxygen atoms in total. The average molecular weight is 307 g/mol. The third-order valence-electron chi connectivity index (χ3n) is 4.08. The predicted molar refractivity (Wildman–Crippen MR) is 78.3 cm³/mol. The Bertz CT molecular complexity index is 659. The summed E-state index contributed by atoms with van der Waals surface area (Å²) in [7, 11) is 0. The second kappa shape index (κ2) is 6.14. The molecule has 0 spiro atoms. The molecule has 1 aromatic heterocycles. The molecule has 0 aliphatic carbocycles. The molecule has 2 atom stereocenters. The highest BCUT2D eigenvalue weighted by Gasteiger charge is 2.33. The van der Waals surface area contributed by atoms with Crippen LogP contribution < -0.4 is 0 Å². The van der Waals surface area contributed by atoms with Gasteiger partial charge in [0.15, 0.2) is 0 Å². The van der Waals surface area contributed by atoms with Gasteiger partial charge in [0.2, 0.25) is 0 Å². The Morgan fingerprint density at radius 1 is 1.32 bits per heavy atom. The topological polar surface area (TPSA) is 41.3 Å². The quantitative estimate of drug-likeness (QED) is 0.942. The smallest absolute Gasteiger partial charge is 0.128 e. The first-order valence-corrected chi connectivity index (χ1v) is 7.39. The molecule has 1 aromatic carbocycles. The summed E-state index contributed by atoms with van der Waals surface area (Å²) in [6.45, 7) is 3.70. The lowest BCUT2D eigenvalue weighted by atomic mass is 10.0. The predicted octanol–water partition coefficient (Wildman–Crippen LogP) is 2.28. The van der Waals surface area contributed by atoms with Gasteiger partial charge in [-0.2, -0.15) is 5.10 Å². The van der Waals surface area contributed by atoms with Crippen molar-refractivity contribution in [1.82, 2.24) is 14.7 Å². The fourth-order valence-electron chi connectivity index (χ4n) is 3.04. The van der Waals surface area contributed by atoms with Gasteiger partial charge in [-0.3, -0.25) is 9.58 Å². The Labute approximate surface area is 128 Å². The number of aliphatic hydroxyl groups is 1. The summed E-state index contributed by atoms with van der Waals surface area (Å²) in [5, 5.41) is 14.1. The van der Waals surface area contributed by atoms with E-state index in [1.165, 1.54) is 6.07 Å². The number of aryl methyl sites for hydroxylation is 1. The summed E-state index contributed by atoms with van der Waals surface area (Å²) >= 11 is 0. The van der Waals surface area contributed by atoms with Gasteiger partial charge in [0.05, 0.1) is 18.8 Å². The minimum absolute atomic E-state index is 0.303. The molecule has 0 amide bonds. The van der Waals surface area contributed by atoms with Gasteiger partial charge in [-0.1, -0.05) is 0 Å². The van der Waals surface area contributed by atoms with Crippen molar-refractivity contribution in [3.63, 3.8) is 0 Å². The summed E-state index contributed by atoms with van der Waals surface area (Å²) < 4.78 is 29.2. The molecule has 118 valence electrons. The first-order valence-electron chi connectivity index (χ1n) is 7.39. The van der Waals surface area contributed by atoms with Crippen LogP contribution in [0.1, 0.15) is 23.6 Å². The lowest BCUT2D eigenvalue weighted by Crippen LogP contribution is -2.29. The van der Waals surface area contributed by atoms with E-state index in [1.807, 2.05) is 22.7 Å². The van der Waals surface area contributed by atoms with Gasteiger partial charge in [-0.05, 0) is 37.1 Å². The van der Waals surface area contributed by atoms with Crippen molar-refractivity contribution in [2.45, 2.75) is 32.0 Å². The first kappa shape index (κ1) is 15.1. The summed E-state index contributed by atoms with van der Waals surface area (Å²) in [5.74, 6) is -0.888. The van der Waals surface area contributed by atoms with Crippen LogP contribution in [-0.2, 0) is 6.54 Å². The fraction of sp³-hybridized carbons (Fsp3) is 0.438. The van der Waals surface area contributed by atoms with Gasteiger partial charge < -0.3 is 5.11 Å². The number of hydrogen-bond donors (Lipinski definition) is 1. The van der Waals surface area contributed by atoms with Crippen LogP contribution >= 0.6 is 0 Å². The van der Waals surface area contributed by atoms with Crippen LogP contribution in [0.4, 0.5) is 8.78 Å². The van der Waals surface area contributed by atoms with Crippen LogP contribution in [0.5, 0.6) is 0 Å². The van der Waals surface area contributed by atoms with Crippen LogP contribution in [0.25, 0.3) is 0 Å². The van der Waals surface area contributed by atoms with E-state index >= 15 is 0 Å². The highest BCUT2D eigenvalue weighted by atomic mass is 19.1. The van der Waals surface area contributed by atoms with Crippen molar-refractivity contribution < 1.29 is 13.9 Å². The van der Waals surface area contributed by atoms with Crippen LogP contribution in [0, 0.1) is 18.6 Å². The van der Waals surface area contributed by atoms with E-state index in [9.17, 15) is 13.9 Å². The molecule has 1 saturated heterocycles. The molecule has 0 radical (unpaired) electrons. The van der Waals surface area contributed by atoms with E-state index in [1.54, 1.807) is 6.20 Å². The maximum atomic E-state index is 14.0. The highest BCUT2D eigenvalue weighted by Crippen LogP contribution is 2.33. The van der Waals surface area contributed by atoms with Gasteiger partial charge in [-0.15, -0.1) is 0 Å². The maximum absolute atomic E-state index is 14.0. The van der Waals surface area contributed by atoms with Crippen molar-refractivity contribution in [3.8, 4) is 0 Å². The standard InChI is InChI=1S/C16H19F2N3O/c1-11-8-19-21(9-11)5-4-20-10-13(22)7-16(20)14-6-12(17)2-3-15(14)18/h2-3,6,8-9,13,16,22H,4-5,7,10H2,1H3/t13-,16-/m1/s1. The van der Waals surface area contributed by atoms with Crippen LogP contribution in [0.2, 0.25) is 0 Å². The number of likely N-dealkylation sites (tertiary alicyclic amines) is 1. The van der Waals surface area contributed by atoms with Gasteiger partial charge >= 0.3 is 0 Å². The molecule has 3 rings (SSSR count). The summed E-state index contributed by atoms with van der Waals surface area (Å²) in [4.78, 5) is 1.99. The second-order valence-corrected chi connectivity index (χ2v) is 5.85. The number of benzene rings is 1. The largest absolute Gasteiger partial charge is 0.392 e. The molecule has 0 unspecified atom stereocenters. The van der Waals surface area contributed by atoms with E-state index in [0.717, 1.165) is 17.7 Å². The number of β-amino-alcohol motifs (C(OH)–C–C–N with tert-alkyl or cyclic N) is 1. The zero-order chi connectivity index (χ0) is 15.7. The van der Waals surface area contributed by atoms with Crippen molar-refractivity contribution in [2.24, 2.45) is 0 Å². The van der Waals surface area contributed by atoms with E-state index in [0.29, 0.717) is 31.6 Å². The molecule has 1 aliphatic heterocycles. The summed E-state index contributed by atoms with van der Waals surface area (Å²) in [6.07, 6.45) is 3.61. The molecule has 0 saturated carbocycles. The van der Waals surface area contributed by atoms with Crippen LogP contribution in [0.3, 0.4) is 0 Å². The average Bonchev–Trinajstić information content (AvgIpc) is 3.05. The Morgan fingerprint density at radius 3 is 2.86 bits per heavy atom. The van der Waals surface area contributed by atoms with E-state index in [-0.39, 0.29) is 6.04 Å². The van der Waals surface area contributed by atoms with Crippen LogP contribution in [-0.4, -0.2) is 39.0 Å². The Balaban J connectivity index is 1.75. The number of rotatable bonds is 4. The number of aliphatic hydroxyl groups excluding tert-OH is 1. The molecule has 6 heteroatoms. The van der Waals surface area contributed by atoms with Gasteiger partial charge in [0, 0.05) is 30.9 Å². The van der Waals surface area contributed by atoms with E-state index in [2.05, 4.69) is 5.10 Å². The Hall–Kier alpha value is -1.79. The molecule has 2 aromatic rings. The van der Waals surface area contributed by atoms with Crippen molar-refractivity contribution in [1.29, 1.82) is 0 Å². The zero-order valence-electron chi connectivity index (χ0n) is 12.4. The molecule has 22 heavy (non-hydrogen) atoms. The normalized spacial score (nSPS) is 22.4. The molecule has 2 heterocycles. The molecular weight excluding hydrogens is 288 g/mol. The highest BCUT2D eigenvalue weighted by molar-refractivity contribution is 5.23. The minimum Gasteiger partial charge on any atom is -0.392 e. The SMILES string of the molecule is Cc1cnn(CCN2C[C@H](O)C[C@@H]2c2cc(F)ccc2F)c1. The monoisotopic (exact) mass is 307 g/mol. The molecule has 0 bridgehead atoms. The van der Waals surface area contributed by atoms with E-state index in [4.69, 9.17) is 0 Å². The number of halogens is 2. The number of aromatic nitrogens is 2. The number of hydrogen-bond acceptors (Lipinski definition) is 3. The fourth-order valence-corrected chi connectivity index (χ4v) is 3.04. The van der Waals surface area contributed by atoms with E-state index < -0.39 is 17.7 Å². The minimum atomic E-state index is -0.521. The Morgan fingerprint density at radius 2 is 2.14 bits per heavy atom. The van der Waals surface area contributed by atoms with Crippen molar-refractivity contribution in [2.75, 3.05) is 13.1 Å². The third-order valence-corrected chi connectivity index (χ3v) is 4.08. The summed E-state index contributed by atoms with van der Waals surface area (Å²) in [6, 6.07) is 3.18. The molecule has 1 N–H and O–H groups in total. The van der Waals surface area contributed by atoms with Crippen LogP contribution in [0.15, 0.2) is 30.6 Å². The molecule has 1 fully saturated rings. The molecular formula is C16H19F2N3O. The van der Waals surface area contributed by atoms with Gasteiger partial charge in [0.1, 0.15) is 11.6 Å². The maximum Gasteiger partial charge on any atom is 0.128 e. The summed E-state index contributed by atoms with van der Waals surface area (Å²) in [5.41, 5.74) is 1.39. The van der Waals surface area contributed by atoms with Gasteiger partial charge in [-0.25, -0.2) is 8.78 Å². The number of nitrogens with zero attached hydrogens (tertiary/aromatic N) is 3. The van der Waals surface area contributed by atoms with Crippen molar-refractivity contribution >= 4 is 0 Å². The lowest BCUT2D eigenvalue weighted by molar-refractivity contribution is 0.172. The third kappa shape index (κ3) is 3.18. The zero-order valence-corrected chi connectivity index (χ0v) is 12.4. The Kier molecular flexibility index (Phi) is 4.22.